The molecule has 0 radical (unpaired) electrons. The Labute approximate surface area is 131 Å². The van der Waals surface area contributed by atoms with Gasteiger partial charge in [0.05, 0.1) is 11.9 Å². The highest BCUT2D eigenvalue weighted by Gasteiger charge is 2.25. The van der Waals surface area contributed by atoms with Crippen molar-refractivity contribution in [3.05, 3.63) is 35.4 Å². The standard InChI is InChI=1S/C15H16BrNO4/c1-2-20-15(19)14(13(18)9-16)17-21-12-7-10-5-3-4-6-11(10)8-12/h3-6,12H,2,7-9H2,1H3/b17-14-. The van der Waals surface area contributed by atoms with Crippen LogP contribution < -0.4 is 0 Å². The van der Waals surface area contributed by atoms with Crippen LogP contribution in [0.2, 0.25) is 0 Å². The first kappa shape index (κ1) is 15.7. The fourth-order valence-electron chi connectivity index (χ4n) is 2.19. The maximum absolute atomic E-state index is 11.7. The van der Waals surface area contributed by atoms with Crippen LogP contribution in [0.1, 0.15) is 18.1 Å². The van der Waals surface area contributed by atoms with Crippen molar-refractivity contribution in [3.63, 3.8) is 0 Å². The summed E-state index contributed by atoms with van der Waals surface area (Å²) in [4.78, 5) is 28.8. The molecule has 0 amide bonds. The number of benzene rings is 1. The fraction of sp³-hybridized carbons (Fsp3) is 0.400. The molecule has 0 heterocycles. The van der Waals surface area contributed by atoms with Gasteiger partial charge in [-0.05, 0) is 18.1 Å². The van der Waals surface area contributed by atoms with Gasteiger partial charge in [-0.1, -0.05) is 45.4 Å². The summed E-state index contributed by atoms with van der Waals surface area (Å²) < 4.78 is 4.81. The van der Waals surface area contributed by atoms with E-state index in [1.807, 2.05) is 24.3 Å². The fourth-order valence-corrected chi connectivity index (χ4v) is 2.45. The molecule has 1 aliphatic rings. The first-order valence-electron chi connectivity index (χ1n) is 6.72. The lowest BCUT2D eigenvalue weighted by Gasteiger charge is -2.08. The van der Waals surface area contributed by atoms with Crippen LogP contribution in [0.3, 0.4) is 0 Å². The van der Waals surface area contributed by atoms with Crippen LogP contribution in [0.5, 0.6) is 0 Å². The molecule has 0 N–H and O–H groups in total. The molecule has 0 atom stereocenters. The third-order valence-corrected chi connectivity index (χ3v) is 3.67. The number of ketones is 1. The van der Waals surface area contributed by atoms with Crippen LogP contribution in [0.15, 0.2) is 29.4 Å². The Hall–Kier alpha value is -1.69. The number of nitrogens with zero attached hydrogens (tertiary/aromatic N) is 1. The Kier molecular flexibility index (Phi) is 5.50. The van der Waals surface area contributed by atoms with E-state index in [0.717, 1.165) is 12.8 Å². The van der Waals surface area contributed by atoms with E-state index < -0.39 is 11.8 Å². The number of esters is 1. The number of rotatable bonds is 6. The summed E-state index contributed by atoms with van der Waals surface area (Å²) in [7, 11) is 0. The van der Waals surface area contributed by atoms with Gasteiger partial charge in [0.2, 0.25) is 11.5 Å². The SMILES string of the molecule is CCOC(=O)/C(=N\OC1Cc2ccccc2C1)C(=O)CBr. The Bertz CT molecular complexity index is 546. The van der Waals surface area contributed by atoms with Crippen molar-refractivity contribution in [1.29, 1.82) is 0 Å². The molecule has 0 saturated carbocycles. The molecule has 112 valence electrons. The van der Waals surface area contributed by atoms with E-state index in [1.54, 1.807) is 6.92 Å². The highest BCUT2D eigenvalue weighted by Crippen LogP contribution is 2.23. The van der Waals surface area contributed by atoms with Crippen LogP contribution in [0, 0.1) is 0 Å². The molecule has 6 heteroatoms. The zero-order valence-corrected chi connectivity index (χ0v) is 13.3. The van der Waals surface area contributed by atoms with Crippen LogP contribution >= 0.6 is 15.9 Å². The second kappa shape index (κ2) is 7.36. The molecule has 0 spiro atoms. The molecule has 0 bridgehead atoms. The van der Waals surface area contributed by atoms with Gasteiger partial charge in [0, 0.05) is 12.8 Å². The second-order valence-corrected chi connectivity index (χ2v) is 5.18. The highest BCUT2D eigenvalue weighted by molar-refractivity contribution is 9.09. The largest absolute Gasteiger partial charge is 0.461 e. The average molecular weight is 354 g/mol. The highest BCUT2D eigenvalue weighted by atomic mass is 79.9. The topological polar surface area (TPSA) is 65.0 Å². The number of fused-ring (bicyclic) bond motifs is 1. The first-order valence-corrected chi connectivity index (χ1v) is 7.84. The number of hydrogen-bond acceptors (Lipinski definition) is 5. The summed E-state index contributed by atoms with van der Waals surface area (Å²) >= 11 is 3.02. The Morgan fingerprint density at radius 1 is 1.29 bits per heavy atom. The van der Waals surface area contributed by atoms with Crippen LogP contribution in [0.4, 0.5) is 0 Å². The van der Waals surface area contributed by atoms with Crippen molar-refractivity contribution in [2.24, 2.45) is 5.16 Å². The molecule has 0 fully saturated rings. The summed E-state index contributed by atoms with van der Waals surface area (Å²) in [6.45, 7) is 1.85. The van der Waals surface area contributed by atoms with Gasteiger partial charge in [-0.2, -0.15) is 0 Å². The predicted molar refractivity (Wildman–Crippen MR) is 81.6 cm³/mol. The van der Waals surface area contributed by atoms with Gasteiger partial charge in [0.1, 0.15) is 6.10 Å². The molecule has 0 unspecified atom stereocenters. The molecule has 2 rings (SSSR count). The van der Waals surface area contributed by atoms with E-state index in [2.05, 4.69) is 21.1 Å². The van der Waals surface area contributed by atoms with Gasteiger partial charge in [-0.25, -0.2) is 4.79 Å². The molecule has 1 aliphatic carbocycles. The summed E-state index contributed by atoms with van der Waals surface area (Å²) in [6, 6.07) is 8.03. The number of Topliss-reactive ketones (excluding diaryl/α,β-unsaturated/α-hetero) is 1. The van der Waals surface area contributed by atoms with E-state index in [1.165, 1.54) is 11.1 Å². The van der Waals surface area contributed by atoms with E-state index in [-0.39, 0.29) is 23.8 Å². The summed E-state index contributed by atoms with van der Waals surface area (Å²) in [5, 5.41) is 3.74. The summed E-state index contributed by atoms with van der Waals surface area (Å²) in [5.74, 6) is -1.21. The lowest BCUT2D eigenvalue weighted by molar-refractivity contribution is -0.136. The smallest absolute Gasteiger partial charge is 0.364 e. The number of ether oxygens (including phenoxy) is 1. The van der Waals surface area contributed by atoms with Crippen LogP contribution in [-0.2, 0) is 32.0 Å². The molecular formula is C15H16BrNO4. The molecule has 5 nitrogen and oxygen atoms in total. The van der Waals surface area contributed by atoms with Gasteiger partial charge in [-0.15, -0.1) is 0 Å². The number of hydrogen-bond donors (Lipinski definition) is 0. The Morgan fingerprint density at radius 3 is 2.43 bits per heavy atom. The van der Waals surface area contributed by atoms with Crippen molar-refractivity contribution in [2.45, 2.75) is 25.9 Å². The number of alkyl halides is 1. The maximum atomic E-state index is 11.7. The molecule has 21 heavy (non-hydrogen) atoms. The van der Waals surface area contributed by atoms with Gasteiger partial charge >= 0.3 is 5.97 Å². The normalized spacial score (nSPS) is 14.7. The molecular weight excluding hydrogens is 338 g/mol. The van der Waals surface area contributed by atoms with E-state index in [4.69, 9.17) is 9.57 Å². The number of carbonyl (C=O) groups is 2. The lowest BCUT2D eigenvalue weighted by Crippen LogP contribution is -2.28. The van der Waals surface area contributed by atoms with E-state index in [0.29, 0.717) is 0 Å². The Balaban J connectivity index is 2.04. The first-order chi connectivity index (χ1) is 10.2. The maximum Gasteiger partial charge on any atom is 0.364 e. The molecule has 1 aromatic rings. The second-order valence-electron chi connectivity index (χ2n) is 4.62. The number of oxime groups is 1. The van der Waals surface area contributed by atoms with Crippen molar-refractivity contribution >= 4 is 33.4 Å². The average Bonchev–Trinajstić information content (AvgIpc) is 2.90. The minimum Gasteiger partial charge on any atom is -0.461 e. The number of carbonyl (C=O) groups excluding carboxylic acids is 2. The minimum atomic E-state index is -0.752. The molecule has 0 saturated heterocycles. The lowest BCUT2D eigenvalue weighted by atomic mass is 10.1. The summed E-state index contributed by atoms with van der Waals surface area (Å²) in [5.41, 5.74) is 2.12. The third kappa shape index (κ3) is 3.91. The van der Waals surface area contributed by atoms with Gasteiger partial charge in [-0.3, -0.25) is 4.79 Å². The monoisotopic (exact) mass is 353 g/mol. The Morgan fingerprint density at radius 2 is 1.90 bits per heavy atom. The van der Waals surface area contributed by atoms with Gasteiger partial charge in [0.15, 0.2) is 0 Å². The van der Waals surface area contributed by atoms with Crippen molar-refractivity contribution in [3.8, 4) is 0 Å². The minimum absolute atomic E-state index is 0.00109. The molecule has 0 aromatic heterocycles. The van der Waals surface area contributed by atoms with Gasteiger partial charge in [0.25, 0.3) is 0 Å². The van der Waals surface area contributed by atoms with Crippen molar-refractivity contribution in [2.75, 3.05) is 11.9 Å². The summed E-state index contributed by atoms with van der Waals surface area (Å²) in [6.07, 6.45) is 1.28. The molecule has 0 aliphatic heterocycles. The van der Waals surface area contributed by atoms with Crippen LogP contribution in [-0.4, -0.2) is 35.5 Å². The predicted octanol–water partition coefficient (Wildman–Crippen LogP) is 2.05. The van der Waals surface area contributed by atoms with E-state index in [9.17, 15) is 9.59 Å². The zero-order valence-electron chi connectivity index (χ0n) is 11.7. The van der Waals surface area contributed by atoms with Gasteiger partial charge < -0.3 is 9.57 Å². The molecule has 1 aromatic carbocycles. The van der Waals surface area contributed by atoms with Crippen molar-refractivity contribution < 1.29 is 19.2 Å². The zero-order chi connectivity index (χ0) is 15.2. The number of halogens is 1. The van der Waals surface area contributed by atoms with E-state index >= 15 is 0 Å². The quantitative estimate of drug-likeness (QED) is 0.258. The van der Waals surface area contributed by atoms with Crippen LogP contribution in [0.25, 0.3) is 0 Å². The third-order valence-electron chi connectivity index (χ3n) is 3.16. The van der Waals surface area contributed by atoms with Crippen molar-refractivity contribution in [1.82, 2.24) is 0 Å².